The zero-order chi connectivity index (χ0) is 55.4. The molecule has 2 aliphatic rings. The van der Waals surface area contributed by atoms with Gasteiger partial charge < -0.3 is 48.5 Å². The standard InChI is InChI=1S/C48H36N4O4.4CH4O3S.Cu.4Na/c1-53-33-13-5-29(6-14-33)45-37-21-23-39(49-37)46(30-7-15-34(54-2)16-8-30)41-25-27-43(51-41)48(32-11-19-36(56-4)20-12-32)44-28-26-42(52-44)47(40-24-22-38(45)50-40)31-9-17-35(55-3)18-10-31;2*1-5(2,3)4;2*1-5-4-3-2;;;;;/h5-28H,1-4H3;2*1H3,(H,2,3,4);2*2H,1H3;;;;;/q-2;;;;;+2;4*+1/p-4. The van der Waals surface area contributed by atoms with Gasteiger partial charge in [0.25, 0.3) is 0 Å². The Labute approximate surface area is 577 Å². The first kappa shape index (κ1) is 78.5. The summed E-state index contributed by atoms with van der Waals surface area (Å²) in [6.07, 6.45) is 12.6. The van der Waals surface area contributed by atoms with Crippen LogP contribution < -0.4 is 158 Å². The third kappa shape index (κ3) is 24.8. The van der Waals surface area contributed by atoms with Crippen LogP contribution in [0.4, 0.5) is 0 Å². The molecular weight excluding hydrogens is 1220 g/mol. The third-order valence-electron chi connectivity index (χ3n) is 10.3. The van der Waals surface area contributed by atoms with Crippen LogP contribution in [0, 0.1) is 0 Å². The molecule has 29 heteroatoms. The normalized spacial score (nSPS) is 10.6. The topological polar surface area (TPSA) is 288 Å². The maximum absolute atomic E-state index is 9.08. The molecule has 1 radical (unpaired) electrons. The fourth-order valence-corrected chi connectivity index (χ4v) is 7.47. The molecule has 0 unspecified atom stereocenters. The zero-order valence-corrected chi connectivity index (χ0v) is 58.3. The second-order valence-electron chi connectivity index (χ2n) is 15.3. The van der Waals surface area contributed by atoms with E-state index >= 15 is 0 Å². The van der Waals surface area contributed by atoms with Gasteiger partial charge in [-0.1, -0.05) is 72.8 Å². The summed E-state index contributed by atoms with van der Waals surface area (Å²) in [4.78, 5) is 21.4. The van der Waals surface area contributed by atoms with Crippen molar-refractivity contribution < 1.29 is 209 Å². The molecule has 0 saturated carbocycles. The van der Waals surface area contributed by atoms with Gasteiger partial charge in [-0.05, 0) is 117 Å². The number of aromatic nitrogens is 4. The molecule has 7 aromatic rings. The monoisotopic (exact) mass is 1270 g/mol. The largest absolute Gasteiger partial charge is 2.00 e. The van der Waals surface area contributed by atoms with Crippen LogP contribution in [-0.2, 0) is 56.0 Å². The Morgan fingerprint density at radius 3 is 0.716 bits per heavy atom. The van der Waals surface area contributed by atoms with Crippen molar-refractivity contribution in [3.8, 4) is 67.5 Å². The van der Waals surface area contributed by atoms with Crippen LogP contribution in [-0.4, -0.2) is 89.4 Å². The van der Waals surface area contributed by atoms with Gasteiger partial charge in [0.2, 0.25) is 0 Å². The number of ether oxygens (including phenoxy) is 4. The number of hydrogen-bond donors (Lipinski definition) is 0. The summed E-state index contributed by atoms with van der Waals surface area (Å²) in [5, 5.41) is 23.4. The average molecular weight is 1270 g/mol. The molecule has 0 fully saturated rings. The minimum atomic E-state index is -3.92. The van der Waals surface area contributed by atoms with Crippen LogP contribution in [0.2, 0.25) is 0 Å². The van der Waals surface area contributed by atoms with E-state index in [-0.39, 0.29) is 135 Å². The van der Waals surface area contributed by atoms with Gasteiger partial charge in [-0.15, -0.1) is 22.1 Å². The predicted molar refractivity (Wildman–Crippen MR) is 287 cm³/mol. The van der Waals surface area contributed by atoms with E-state index in [1.165, 1.54) is 0 Å². The minimum Gasteiger partial charge on any atom is -0.748 e. The van der Waals surface area contributed by atoms with Crippen molar-refractivity contribution in [1.82, 2.24) is 19.9 Å². The van der Waals surface area contributed by atoms with E-state index in [1.807, 2.05) is 97.1 Å². The van der Waals surface area contributed by atoms with Gasteiger partial charge in [-0.3, -0.25) is 10.1 Å². The Bertz CT molecular complexity index is 3070. The van der Waals surface area contributed by atoms with E-state index in [0.29, 0.717) is 12.5 Å². The molecule has 8 bridgehead atoms. The molecule has 2 aliphatic heterocycles. The molecule has 0 atom stereocenters. The van der Waals surface area contributed by atoms with Crippen molar-refractivity contribution >= 4 is 90.7 Å². The van der Waals surface area contributed by atoms with Gasteiger partial charge in [-0.25, -0.2) is 26.8 Å². The van der Waals surface area contributed by atoms with E-state index in [4.69, 9.17) is 75.3 Å². The maximum Gasteiger partial charge on any atom is 2.00 e. The Hall–Kier alpha value is -2.52. The van der Waals surface area contributed by atoms with Crippen molar-refractivity contribution in [1.29, 1.82) is 0 Å². The number of nitrogens with zero attached hydrogens (tertiary/aromatic N) is 4. The minimum absolute atomic E-state index is 0. The smallest absolute Gasteiger partial charge is 0.748 e. The Morgan fingerprint density at radius 1 is 0.395 bits per heavy atom. The Kier molecular flexibility index (Phi) is 38.0. The second kappa shape index (κ2) is 39.2. The van der Waals surface area contributed by atoms with E-state index in [2.05, 4.69) is 67.3 Å². The van der Waals surface area contributed by atoms with Gasteiger partial charge in [0.15, 0.2) is 0 Å². The molecule has 3 aromatic heterocycles. The number of hydrogen-bond acceptors (Lipinski definition) is 20. The molecule has 0 spiro atoms. The van der Waals surface area contributed by atoms with Crippen LogP contribution in [0.25, 0.3) is 90.9 Å². The van der Waals surface area contributed by atoms with E-state index < -0.39 is 20.2 Å². The summed E-state index contributed by atoms with van der Waals surface area (Å²) in [6.45, 7) is 0. The van der Waals surface area contributed by atoms with Crippen LogP contribution in [0.15, 0.2) is 121 Å². The fourth-order valence-electron chi connectivity index (χ4n) is 7.36. The molecule has 0 N–H and O–H groups in total. The van der Waals surface area contributed by atoms with Crippen molar-refractivity contribution in [3.05, 3.63) is 144 Å². The van der Waals surface area contributed by atoms with Crippen molar-refractivity contribution in [3.63, 3.8) is 0 Å². The molecule has 0 amide bonds. The van der Waals surface area contributed by atoms with Gasteiger partial charge in [0.05, 0.1) is 71.5 Å². The molecule has 5 heterocycles. The summed E-state index contributed by atoms with van der Waals surface area (Å²) in [5.74, 6) is 3.06. The fraction of sp³-hybridized carbons (Fsp3) is 0.154. The van der Waals surface area contributed by atoms with Crippen LogP contribution in [0.3, 0.4) is 0 Å². The van der Waals surface area contributed by atoms with Gasteiger partial charge >= 0.3 is 135 Å². The molecule has 9 rings (SSSR count). The summed E-state index contributed by atoms with van der Waals surface area (Å²) in [7, 11) is -1.16. The van der Waals surface area contributed by atoms with Crippen LogP contribution >= 0.6 is 24.1 Å². The van der Waals surface area contributed by atoms with E-state index in [0.717, 1.165) is 136 Å². The first-order valence-electron chi connectivity index (χ1n) is 21.8. The van der Waals surface area contributed by atoms with Gasteiger partial charge in [-0.2, -0.15) is 8.67 Å². The number of benzene rings is 4. The average Bonchev–Trinajstić information content (AvgIpc) is 4.26. The molecular formula is C52H48CuN4Na4O16S4. The van der Waals surface area contributed by atoms with Crippen molar-refractivity contribution in [2.45, 2.75) is 0 Å². The molecule has 411 valence electrons. The molecule has 4 aromatic carbocycles. The van der Waals surface area contributed by atoms with Crippen LogP contribution in [0.1, 0.15) is 22.8 Å². The van der Waals surface area contributed by atoms with Gasteiger partial charge in [0, 0.05) is 49.1 Å². The van der Waals surface area contributed by atoms with Crippen molar-refractivity contribution in [2.75, 3.05) is 53.5 Å². The predicted octanol–water partition coefficient (Wildman–Crippen LogP) is -4.07. The summed E-state index contributed by atoms with van der Waals surface area (Å²) >= 11 is 1.73. The number of rotatable bonds is 12. The van der Waals surface area contributed by atoms with Crippen LogP contribution in [0.5, 0.6) is 23.0 Å². The SMILES string of the molecule is COc1ccc(-c2c3nc(c(-c4ccc(OC)cc4)c4ccc([n-]4)c(-c4ccc(OC)cc4)c4nc(c(-c5ccc(OC)cc5)c5ccc2[n-]5)C=C4)C=C3)cc1.CS(=O)(=O)[O-].CS(=O)(=O)[O-].CSOO[O-].CSOO[O-].[Cu+2].[Na+].[Na+].[Na+].[Na+]. The quantitative estimate of drug-likeness (QED) is 0.0370. The zero-order valence-electron chi connectivity index (χ0n) is 46.1. The molecule has 0 aliphatic carbocycles. The first-order chi connectivity index (χ1) is 36.4. The molecule has 0 saturated heterocycles. The second-order valence-corrected chi connectivity index (χ2v) is 19.0. The Balaban J connectivity index is 0.00000222. The molecule has 20 nitrogen and oxygen atoms in total. The molecule has 81 heavy (non-hydrogen) atoms. The summed E-state index contributed by atoms with van der Waals surface area (Å²) in [5.41, 5.74) is 13.7. The maximum atomic E-state index is 9.08. The van der Waals surface area contributed by atoms with Gasteiger partial charge in [0.1, 0.15) is 23.0 Å². The number of fused-ring (bicyclic) bond motifs is 8. The Morgan fingerprint density at radius 2 is 0.580 bits per heavy atom. The first-order valence-corrected chi connectivity index (χ1v) is 27.7. The summed E-state index contributed by atoms with van der Waals surface area (Å²) < 4.78 is 83.9. The van der Waals surface area contributed by atoms with Crippen molar-refractivity contribution in [2.24, 2.45) is 0 Å². The van der Waals surface area contributed by atoms with E-state index in [9.17, 15) is 0 Å². The summed E-state index contributed by atoms with van der Waals surface area (Å²) in [6, 6.07) is 40.3. The van der Waals surface area contributed by atoms with E-state index in [1.54, 1.807) is 41.0 Å². The number of methoxy groups -OCH3 is 4. The third-order valence-corrected chi connectivity index (χ3v) is 10.7.